The van der Waals surface area contributed by atoms with E-state index in [1.807, 2.05) is 22.6 Å². The van der Waals surface area contributed by atoms with Crippen LogP contribution in [0.2, 0.25) is 0 Å². The summed E-state index contributed by atoms with van der Waals surface area (Å²) in [7, 11) is 0. The predicted octanol–water partition coefficient (Wildman–Crippen LogP) is 0.922. The molecular weight excluding hydrogens is 327 g/mol. The van der Waals surface area contributed by atoms with Crippen molar-refractivity contribution >= 4 is 34.2 Å². The van der Waals surface area contributed by atoms with Gasteiger partial charge in [-0.3, -0.25) is 14.9 Å². The molecule has 0 radical (unpaired) electrons. The van der Waals surface area contributed by atoms with E-state index < -0.39 is 10.8 Å². The van der Waals surface area contributed by atoms with Gasteiger partial charge in [0.15, 0.2) is 0 Å². The van der Waals surface area contributed by atoms with E-state index in [4.69, 9.17) is 5.11 Å². The van der Waals surface area contributed by atoms with Crippen LogP contribution in [-0.4, -0.2) is 29.1 Å². The number of nitro benzene ring substituents is 1. The maximum absolute atomic E-state index is 11.5. The van der Waals surface area contributed by atoms with Gasteiger partial charge in [-0.1, -0.05) is 0 Å². The first kappa shape index (κ1) is 12.8. The van der Waals surface area contributed by atoms with Crippen molar-refractivity contribution < 1.29 is 14.8 Å². The molecule has 0 unspecified atom stereocenters. The fraction of sp³-hybridized carbons (Fsp3) is 0.222. The van der Waals surface area contributed by atoms with Gasteiger partial charge in [-0.05, 0) is 28.7 Å². The van der Waals surface area contributed by atoms with Crippen LogP contribution in [0.5, 0.6) is 0 Å². The van der Waals surface area contributed by atoms with Gasteiger partial charge in [-0.2, -0.15) is 0 Å². The second-order valence-electron chi connectivity index (χ2n) is 2.90. The van der Waals surface area contributed by atoms with Crippen molar-refractivity contribution in [2.24, 2.45) is 0 Å². The van der Waals surface area contributed by atoms with Crippen molar-refractivity contribution in [3.63, 3.8) is 0 Å². The van der Waals surface area contributed by atoms with Crippen molar-refractivity contribution in [3.8, 4) is 0 Å². The SMILES string of the molecule is O=C(NCCO)c1cc([N+](=O)[O-])ccc1I. The predicted molar refractivity (Wildman–Crippen MR) is 65.2 cm³/mol. The van der Waals surface area contributed by atoms with Crippen molar-refractivity contribution in [3.05, 3.63) is 37.4 Å². The minimum absolute atomic E-state index is 0.123. The Labute approximate surface area is 105 Å². The molecule has 86 valence electrons. The molecule has 1 aromatic carbocycles. The van der Waals surface area contributed by atoms with Crippen LogP contribution in [0.1, 0.15) is 10.4 Å². The van der Waals surface area contributed by atoms with Crippen LogP contribution in [-0.2, 0) is 0 Å². The molecular formula is C9H9IN2O4. The van der Waals surface area contributed by atoms with E-state index in [0.717, 1.165) is 0 Å². The lowest BCUT2D eigenvalue weighted by Crippen LogP contribution is -2.27. The Hall–Kier alpha value is -1.22. The summed E-state index contributed by atoms with van der Waals surface area (Å²) in [4.78, 5) is 21.5. The third-order valence-corrected chi connectivity index (χ3v) is 2.74. The molecule has 0 atom stereocenters. The summed E-state index contributed by atoms with van der Waals surface area (Å²) in [6.07, 6.45) is 0. The minimum atomic E-state index is -0.557. The van der Waals surface area contributed by atoms with E-state index in [-0.39, 0.29) is 24.4 Å². The average molecular weight is 336 g/mol. The van der Waals surface area contributed by atoms with E-state index >= 15 is 0 Å². The number of rotatable bonds is 4. The smallest absolute Gasteiger partial charge is 0.270 e. The number of hydrogen-bond acceptors (Lipinski definition) is 4. The Morgan fingerprint density at radius 3 is 2.81 bits per heavy atom. The highest BCUT2D eigenvalue weighted by Gasteiger charge is 2.14. The Morgan fingerprint density at radius 2 is 2.25 bits per heavy atom. The minimum Gasteiger partial charge on any atom is -0.395 e. The molecule has 0 aliphatic carbocycles. The zero-order valence-electron chi connectivity index (χ0n) is 8.14. The standard InChI is InChI=1S/C9H9IN2O4/c10-8-2-1-6(12(15)16)5-7(8)9(14)11-3-4-13/h1-2,5,13H,3-4H2,(H,11,14). The lowest BCUT2D eigenvalue weighted by atomic mass is 10.2. The van der Waals surface area contributed by atoms with E-state index in [1.54, 1.807) is 0 Å². The fourth-order valence-electron chi connectivity index (χ4n) is 1.07. The highest BCUT2D eigenvalue weighted by Crippen LogP contribution is 2.19. The molecule has 0 saturated carbocycles. The number of nitrogens with zero attached hydrogens (tertiary/aromatic N) is 1. The van der Waals surface area contributed by atoms with Crippen molar-refractivity contribution in [1.82, 2.24) is 5.32 Å². The molecule has 1 amide bonds. The molecule has 0 saturated heterocycles. The summed E-state index contributed by atoms with van der Waals surface area (Å²) >= 11 is 1.92. The summed E-state index contributed by atoms with van der Waals surface area (Å²) in [5.41, 5.74) is 0.109. The van der Waals surface area contributed by atoms with Crippen LogP contribution in [0.15, 0.2) is 18.2 Å². The van der Waals surface area contributed by atoms with Crippen LogP contribution >= 0.6 is 22.6 Å². The molecule has 2 N–H and O–H groups in total. The number of nitro groups is 1. The quantitative estimate of drug-likeness (QED) is 0.486. The monoisotopic (exact) mass is 336 g/mol. The second kappa shape index (κ2) is 5.75. The Kier molecular flexibility index (Phi) is 4.62. The normalized spacial score (nSPS) is 9.88. The first-order valence-electron chi connectivity index (χ1n) is 4.39. The number of amides is 1. The Balaban J connectivity index is 2.97. The van der Waals surface area contributed by atoms with Crippen molar-refractivity contribution in [1.29, 1.82) is 0 Å². The van der Waals surface area contributed by atoms with Gasteiger partial charge in [-0.15, -0.1) is 0 Å². The highest BCUT2D eigenvalue weighted by atomic mass is 127. The molecule has 16 heavy (non-hydrogen) atoms. The number of non-ortho nitro benzene ring substituents is 1. The van der Waals surface area contributed by atoms with Crippen LogP contribution in [0, 0.1) is 13.7 Å². The number of hydrogen-bond donors (Lipinski definition) is 2. The number of benzene rings is 1. The first-order valence-corrected chi connectivity index (χ1v) is 5.47. The molecule has 0 aliphatic heterocycles. The summed E-state index contributed by atoms with van der Waals surface area (Å²) in [5.74, 6) is -0.429. The number of nitrogens with one attached hydrogen (secondary N) is 1. The van der Waals surface area contributed by atoms with Crippen molar-refractivity contribution in [2.75, 3.05) is 13.2 Å². The molecule has 1 rings (SSSR count). The van der Waals surface area contributed by atoms with Crippen LogP contribution in [0.25, 0.3) is 0 Å². The molecule has 0 fully saturated rings. The number of halogens is 1. The molecule has 6 nitrogen and oxygen atoms in total. The molecule has 0 heterocycles. The first-order chi connectivity index (χ1) is 7.56. The third kappa shape index (κ3) is 3.14. The van der Waals surface area contributed by atoms with E-state index in [0.29, 0.717) is 3.57 Å². The zero-order chi connectivity index (χ0) is 12.1. The maximum Gasteiger partial charge on any atom is 0.270 e. The summed E-state index contributed by atoms with van der Waals surface area (Å²) in [6.45, 7) is -0.0468. The summed E-state index contributed by atoms with van der Waals surface area (Å²) in [5, 5.41) is 21.5. The number of aliphatic hydroxyl groups excluding tert-OH is 1. The second-order valence-corrected chi connectivity index (χ2v) is 4.06. The van der Waals surface area contributed by atoms with Gasteiger partial charge < -0.3 is 10.4 Å². The topological polar surface area (TPSA) is 92.5 Å². The van der Waals surface area contributed by atoms with Gasteiger partial charge >= 0.3 is 0 Å². The van der Waals surface area contributed by atoms with Gasteiger partial charge in [0, 0.05) is 22.2 Å². The number of aliphatic hydroxyl groups is 1. The number of carbonyl (C=O) groups is 1. The lowest BCUT2D eigenvalue weighted by molar-refractivity contribution is -0.384. The van der Waals surface area contributed by atoms with Gasteiger partial charge in [0.25, 0.3) is 11.6 Å². The molecule has 0 aromatic heterocycles. The van der Waals surface area contributed by atoms with Gasteiger partial charge in [0.1, 0.15) is 0 Å². The number of carbonyl (C=O) groups excluding carboxylic acids is 1. The average Bonchev–Trinajstić information content (AvgIpc) is 2.26. The molecule has 0 aliphatic rings. The van der Waals surface area contributed by atoms with Gasteiger partial charge in [0.2, 0.25) is 0 Å². The molecule has 0 spiro atoms. The third-order valence-electron chi connectivity index (χ3n) is 1.80. The Morgan fingerprint density at radius 1 is 1.56 bits per heavy atom. The van der Waals surface area contributed by atoms with Gasteiger partial charge in [-0.25, -0.2) is 0 Å². The summed E-state index contributed by atoms with van der Waals surface area (Å²) < 4.78 is 0.624. The Bertz CT molecular complexity index is 422. The fourth-order valence-corrected chi connectivity index (χ4v) is 1.65. The van der Waals surface area contributed by atoms with Crippen LogP contribution < -0.4 is 5.32 Å². The molecule has 1 aromatic rings. The van der Waals surface area contributed by atoms with Crippen LogP contribution in [0.4, 0.5) is 5.69 Å². The van der Waals surface area contributed by atoms with E-state index in [9.17, 15) is 14.9 Å². The highest BCUT2D eigenvalue weighted by molar-refractivity contribution is 14.1. The van der Waals surface area contributed by atoms with Crippen molar-refractivity contribution in [2.45, 2.75) is 0 Å². The lowest BCUT2D eigenvalue weighted by Gasteiger charge is -2.05. The molecule has 7 heteroatoms. The summed E-state index contributed by atoms with van der Waals surface area (Å²) in [6, 6.07) is 4.06. The van der Waals surface area contributed by atoms with E-state index in [2.05, 4.69) is 5.32 Å². The van der Waals surface area contributed by atoms with Crippen LogP contribution in [0.3, 0.4) is 0 Å². The maximum atomic E-state index is 11.5. The van der Waals surface area contributed by atoms with Gasteiger partial charge in [0.05, 0.1) is 17.1 Å². The molecule has 0 bridgehead atoms. The van der Waals surface area contributed by atoms with E-state index in [1.165, 1.54) is 18.2 Å². The zero-order valence-corrected chi connectivity index (χ0v) is 10.3. The largest absolute Gasteiger partial charge is 0.395 e.